The Hall–Kier alpha value is -0.680. The molecule has 12 heavy (non-hydrogen) atoms. The Labute approximate surface area is 78.2 Å². The molecular weight excluding hydrogens is 176 g/mol. The van der Waals surface area contributed by atoms with Crippen LogP contribution in [0.15, 0.2) is 0 Å². The number of terminal acetylenes is 1. The summed E-state index contributed by atoms with van der Waals surface area (Å²) in [6, 6.07) is 0. The lowest BCUT2D eigenvalue weighted by molar-refractivity contribution is -0.150. The summed E-state index contributed by atoms with van der Waals surface area (Å²) in [5.41, 5.74) is -0.791. The largest absolute Gasteiger partial charge is 0.446 e. The van der Waals surface area contributed by atoms with Gasteiger partial charge in [-0.1, -0.05) is 5.92 Å². The molecule has 0 aromatic heterocycles. The smallest absolute Gasteiger partial charge is 0.304 e. The third-order valence-electron chi connectivity index (χ3n) is 1.46. The van der Waals surface area contributed by atoms with Gasteiger partial charge in [-0.05, 0) is 19.8 Å². The molecule has 0 saturated carbocycles. The summed E-state index contributed by atoms with van der Waals surface area (Å²) in [4.78, 5) is 10.6. The Morgan fingerprint density at radius 2 is 2.33 bits per heavy atom. The van der Waals surface area contributed by atoms with Crippen molar-refractivity contribution >= 4 is 17.6 Å². The SMILES string of the molecule is C#CC(C)(CCCCl)OC(C)=O. The van der Waals surface area contributed by atoms with Gasteiger partial charge in [0.25, 0.3) is 0 Å². The van der Waals surface area contributed by atoms with E-state index in [-0.39, 0.29) is 5.97 Å². The summed E-state index contributed by atoms with van der Waals surface area (Å²) in [5.74, 6) is 2.61. The minimum absolute atomic E-state index is 0.356. The van der Waals surface area contributed by atoms with E-state index in [1.165, 1.54) is 6.92 Å². The second-order valence-corrected chi connectivity index (χ2v) is 3.14. The maximum Gasteiger partial charge on any atom is 0.304 e. The van der Waals surface area contributed by atoms with Crippen LogP contribution in [0.4, 0.5) is 0 Å². The summed E-state index contributed by atoms with van der Waals surface area (Å²) < 4.78 is 4.96. The highest BCUT2D eigenvalue weighted by molar-refractivity contribution is 6.17. The third kappa shape index (κ3) is 4.25. The lowest BCUT2D eigenvalue weighted by Crippen LogP contribution is -2.28. The molecule has 0 amide bonds. The first-order chi connectivity index (χ1) is 5.54. The van der Waals surface area contributed by atoms with E-state index in [9.17, 15) is 4.79 Å². The zero-order valence-corrected chi connectivity index (χ0v) is 8.15. The molecule has 1 unspecified atom stereocenters. The molecule has 0 rings (SSSR count). The lowest BCUT2D eigenvalue weighted by Gasteiger charge is -2.22. The molecule has 0 N–H and O–H groups in total. The van der Waals surface area contributed by atoms with Crippen LogP contribution in [0, 0.1) is 12.3 Å². The quantitative estimate of drug-likeness (QED) is 0.383. The summed E-state index contributed by atoms with van der Waals surface area (Å²) in [7, 11) is 0. The fraction of sp³-hybridized carbons (Fsp3) is 0.667. The van der Waals surface area contributed by atoms with Crippen molar-refractivity contribution in [2.75, 3.05) is 5.88 Å². The number of rotatable bonds is 4. The van der Waals surface area contributed by atoms with E-state index in [1.54, 1.807) is 6.92 Å². The minimum atomic E-state index is -0.791. The monoisotopic (exact) mass is 188 g/mol. The van der Waals surface area contributed by atoms with Gasteiger partial charge in [-0.25, -0.2) is 0 Å². The molecule has 0 radical (unpaired) electrons. The maximum absolute atomic E-state index is 10.6. The normalized spacial score (nSPS) is 14.5. The summed E-state index contributed by atoms with van der Waals surface area (Å²) in [6.07, 6.45) is 6.58. The van der Waals surface area contributed by atoms with Gasteiger partial charge in [0.05, 0.1) is 0 Å². The highest BCUT2D eigenvalue weighted by atomic mass is 35.5. The number of halogens is 1. The Morgan fingerprint density at radius 1 is 1.75 bits per heavy atom. The Kier molecular flexibility index (Phi) is 4.77. The highest BCUT2D eigenvalue weighted by Gasteiger charge is 2.23. The van der Waals surface area contributed by atoms with Crippen LogP contribution in [0.25, 0.3) is 0 Å². The Morgan fingerprint density at radius 3 is 2.67 bits per heavy atom. The average molecular weight is 189 g/mol. The zero-order chi connectivity index (χ0) is 9.61. The molecule has 3 heteroatoms. The summed E-state index contributed by atoms with van der Waals surface area (Å²) in [5, 5.41) is 0. The predicted octanol–water partition coefficient (Wildman–Crippen LogP) is 1.96. The van der Waals surface area contributed by atoms with Gasteiger partial charge in [0.1, 0.15) is 0 Å². The molecule has 0 aliphatic carbocycles. The molecule has 68 valence electrons. The number of carbonyl (C=O) groups is 1. The Balaban J connectivity index is 4.07. The van der Waals surface area contributed by atoms with Crippen LogP contribution < -0.4 is 0 Å². The van der Waals surface area contributed by atoms with Gasteiger partial charge in [0.15, 0.2) is 5.60 Å². The van der Waals surface area contributed by atoms with E-state index >= 15 is 0 Å². The van der Waals surface area contributed by atoms with Crippen molar-refractivity contribution in [3.8, 4) is 12.3 Å². The fourth-order valence-corrected chi connectivity index (χ4v) is 1.01. The van der Waals surface area contributed by atoms with Gasteiger partial charge >= 0.3 is 5.97 Å². The van der Waals surface area contributed by atoms with E-state index in [1.807, 2.05) is 0 Å². The van der Waals surface area contributed by atoms with Crippen molar-refractivity contribution in [2.45, 2.75) is 32.3 Å². The van der Waals surface area contributed by atoms with Crippen LogP contribution in [0.5, 0.6) is 0 Å². The topological polar surface area (TPSA) is 26.3 Å². The van der Waals surface area contributed by atoms with Crippen molar-refractivity contribution in [3.63, 3.8) is 0 Å². The maximum atomic E-state index is 10.6. The molecule has 0 aromatic carbocycles. The second kappa shape index (κ2) is 5.05. The van der Waals surface area contributed by atoms with Crippen LogP contribution in [0.2, 0.25) is 0 Å². The van der Waals surface area contributed by atoms with Gasteiger partial charge < -0.3 is 4.74 Å². The number of ether oxygens (including phenoxy) is 1. The zero-order valence-electron chi connectivity index (χ0n) is 7.39. The van der Waals surface area contributed by atoms with E-state index < -0.39 is 5.60 Å². The number of carbonyl (C=O) groups excluding carboxylic acids is 1. The average Bonchev–Trinajstić information content (AvgIpc) is 2.00. The van der Waals surface area contributed by atoms with Crippen molar-refractivity contribution < 1.29 is 9.53 Å². The van der Waals surface area contributed by atoms with Crippen molar-refractivity contribution in [1.82, 2.24) is 0 Å². The first-order valence-electron chi connectivity index (χ1n) is 3.77. The summed E-state index contributed by atoms with van der Waals surface area (Å²) in [6.45, 7) is 3.05. The molecule has 0 fully saturated rings. The van der Waals surface area contributed by atoms with Gasteiger partial charge in [-0.15, -0.1) is 18.0 Å². The van der Waals surface area contributed by atoms with E-state index in [2.05, 4.69) is 5.92 Å². The first kappa shape index (κ1) is 11.3. The molecule has 2 nitrogen and oxygen atoms in total. The molecular formula is C9H13ClO2. The third-order valence-corrected chi connectivity index (χ3v) is 1.73. The van der Waals surface area contributed by atoms with Crippen LogP contribution >= 0.6 is 11.6 Å². The molecule has 0 bridgehead atoms. The van der Waals surface area contributed by atoms with Crippen molar-refractivity contribution in [1.29, 1.82) is 0 Å². The lowest BCUT2D eigenvalue weighted by atomic mass is 10.0. The minimum Gasteiger partial charge on any atom is -0.446 e. The van der Waals surface area contributed by atoms with Gasteiger partial charge in [-0.2, -0.15) is 0 Å². The first-order valence-corrected chi connectivity index (χ1v) is 4.31. The summed E-state index contributed by atoms with van der Waals surface area (Å²) >= 11 is 5.49. The van der Waals surface area contributed by atoms with Crippen molar-refractivity contribution in [3.05, 3.63) is 0 Å². The number of hydrogen-bond donors (Lipinski definition) is 0. The van der Waals surface area contributed by atoms with E-state index in [0.29, 0.717) is 12.3 Å². The Bertz CT molecular complexity index is 195. The number of alkyl halides is 1. The van der Waals surface area contributed by atoms with Crippen molar-refractivity contribution in [2.24, 2.45) is 0 Å². The molecule has 0 spiro atoms. The van der Waals surface area contributed by atoms with Gasteiger partial charge in [0.2, 0.25) is 0 Å². The molecule has 1 atom stereocenters. The van der Waals surface area contributed by atoms with Crippen LogP contribution in [0.3, 0.4) is 0 Å². The van der Waals surface area contributed by atoms with Crippen LogP contribution in [-0.4, -0.2) is 17.5 Å². The molecule has 0 aliphatic rings. The van der Waals surface area contributed by atoms with Gasteiger partial charge in [-0.3, -0.25) is 4.79 Å². The molecule has 0 saturated heterocycles. The van der Waals surface area contributed by atoms with Crippen LogP contribution in [-0.2, 0) is 9.53 Å². The molecule has 0 aromatic rings. The highest BCUT2D eigenvalue weighted by Crippen LogP contribution is 2.17. The number of esters is 1. The second-order valence-electron chi connectivity index (χ2n) is 2.76. The molecule has 0 heterocycles. The number of hydrogen-bond acceptors (Lipinski definition) is 2. The standard InChI is InChI=1S/C9H13ClO2/c1-4-9(3,6-5-7-10)12-8(2)11/h1H,5-7H2,2-3H3. The fourth-order valence-electron chi connectivity index (χ4n) is 0.874. The van der Waals surface area contributed by atoms with Gasteiger partial charge in [0, 0.05) is 12.8 Å². The van der Waals surface area contributed by atoms with Crippen LogP contribution in [0.1, 0.15) is 26.7 Å². The van der Waals surface area contributed by atoms with E-state index in [0.717, 1.165) is 6.42 Å². The van der Waals surface area contributed by atoms with E-state index in [4.69, 9.17) is 22.8 Å². The predicted molar refractivity (Wildman–Crippen MR) is 49.0 cm³/mol. The molecule has 0 aliphatic heterocycles.